The molecule has 1 aromatic carbocycles. The molecule has 0 aliphatic heterocycles. The van der Waals surface area contributed by atoms with Crippen molar-refractivity contribution in [1.82, 2.24) is 4.98 Å². The summed E-state index contributed by atoms with van der Waals surface area (Å²) in [4.78, 5) is 14.4. The number of H-pyrrole nitrogens is 1. The zero-order valence-electron chi connectivity index (χ0n) is 10.6. The lowest BCUT2D eigenvalue weighted by molar-refractivity contribution is 0.572. The molecule has 0 bridgehead atoms. The van der Waals surface area contributed by atoms with Crippen molar-refractivity contribution in [3.8, 4) is 12.3 Å². The minimum atomic E-state index is -0.442. The quantitative estimate of drug-likeness (QED) is 0.709. The number of hydrogen-bond acceptors (Lipinski definition) is 1. The van der Waals surface area contributed by atoms with Crippen LogP contribution in [0.4, 0.5) is 4.39 Å². The van der Waals surface area contributed by atoms with Crippen LogP contribution < -0.4 is 5.56 Å². The summed E-state index contributed by atoms with van der Waals surface area (Å²) in [6, 6.07) is 4.31. The molecule has 18 heavy (non-hydrogen) atoms. The summed E-state index contributed by atoms with van der Waals surface area (Å²) in [5.41, 5.74) is 0.339. The van der Waals surface area contributed by atoms with Crippen LogP contribution in [0.25, 0.3) is 10.8 Å². The number of benzene rings is 1. The maximum Gasteiger partial charge on any atom is 0.248 e. The van der Waals surface area contributed by atoms with Crippen molar-refractivity contribution in [2.45, 2.75) is 26.2 Å². The van der Waals surface area contributed by atoms with Crippen LogP contribution in [0.2, 0.25) is 0 Å². The number of aromatic nitrogens is 1. The monoisotopic (exact) mass is 243 g/mol. The van der Waals surface area contributed by atoms with Gasteiger partial charge in [0.05, 0.1) is 5.56 Å². The molecular weight excluding hydrogens is 229 g/mol. The van der Waals surface area contributed by atoms with E-state index in [2.05, 4.69) is 10.9 Å². The Bertz CT molecular complexity index is 714. The highest BCUT2D eigenvalue weighted by Gasteiger charge is 2.21. The standard InChI is InChI=1S/C15H14FNO/c1-5-10-11(16)7-6-9-8-12(18)17-14(13(9)10)15(2,3)4/h1,6-8H,2-4H3,(H,17,18). The third kappa shape index (κ3) is 1.91. The van der Waals surface area contributed by atoms with E-state index in [1.807, 2.05) is 20.8 Å². The molecule has 0 fully saturated rings. The molecule has 0 atom stereocenters. The Balaban J connectivity index is 3.06. The largest absolute Gasteiger partial charge is 0.325 e. The molecule has 0 aliphatic rings. The fourth-order valence-corrected chi connectivity index (χ4v) is 2.05. The molecule has 0 saturated carbocycles. The molecule has 1 N–H and O–H groups in total. The van der Waals surface area contributed by atoms with Crippen molar-refractivity contribution >= 4 is 10.8 Å². The Kier molecular flexibility index (Phi) is 2.74. The Labute approximate surface area is 105 Å². The first-order valence-corrected chi connectivity index (χ1v) is 5.67. The molecule has 1 aromatic heterocycles. The van der Waals surface area contributed by atoms with Gasteiger partial charge in [0.2, 0.25) is 5.56 Å². The molecule has 0 aliphatic carbocycles. The molecule has 2 rings (SSSR count). The van der Waals surface area contributed by atoms with Crippen molar-refractivity contribution in [3.05, 3.63) is 45.6 Å². The van der Waals surface area contributed by atoms with Gasteiger partial charge in [-0.25, -0.2) is 4.39 Å². The lowest BCUT2D eigenvalue weighted by atomic mass is 9.86. The minimum absolute atomic E-state index is 0.202. The normalized spacial score (nSPS) is 11.5. The minimum Gasteiger partial charge on any atom is -0.325 e. The molecule has 0 radical (unpaired) electrons. The average molecular weight is 243 g/mol. The van der Waals surface area contributed by atoms with Gasteiger partial charge in [-0.05, 0) is 11.5 Å². The van der Waals surface area contributed by atoms with Crippen LogP contribution >= 0.6 is 0 Å². The van der Waals surface area contributed by atoms with E-state index >= 15 is 0 Å². The van der Waals surface area contributed by atoms with Crippen LogP contribution in [-0.2, 0) is 5.41 Å². The second kappa shape index (κ2) is 3.99. The number of halogens is 1. The lowest BCUT2D eigenvalue weighted by Gasteiger charge is -2.21. The Morgan fingerprint density at radius 2 is 2.00 bits per heavy atom. The topological polar surface area (TPSA) is 32.9 Å². The zero-order valence-corrected chi connectivity index (χ0v) is 10.6. The van der Waals surface area contributed by atoms with Gasteiger partial charge >= 0.3 is 0 Å². The predicted octanol–water partition coefficient (Wildman–Crippen LogP) is 2.95. The van der Waals surface area contributed by atoms with E-state index in [0.717, 1.165) is 0 Å². The van der Waals surface area contributed by atoms with Crippen LogP contribution in [0.1, 0.15) is 32.0 Å². The summed E-state index contributed by atoms with van der Waals surface area (Å²) in [6.07, 6.45) is 5.38. The van der Waals surface area contributed by atoms with Gasteiger partial charge in [0, 0.05) is 22.6 Å². The summed E-state index contributed by atoms with van der Waals surface area (Å²) >= 11 is 0. The van der Waals surface area contributed by atoms with Gasteiger partial charge in [0.25, 0.3) is 0 Å². The fourth-order valence-electron chi connectivity index (χ4n) is 2.05. The van der Waals surface area contributed by atoms with Crippen molar-refractivity contribution in [3.63, 3.8) is 0 Å². The van der Waals surface area contributed by atoms with E-state index < -0.39 is 5.82 Å². The third-order valence-corrected chi connectivity index (χ3v) is 2.87. The van der Waals surface area contributed by atoms with E-state index in [1.165, 1.54) is 12.1 Å². The SMILES string of the molecule is C#Cc1c(F)ccc2cc(=O)[nH]c(C(C)(C)C)c12. The Hall–Kier alpha value is -2.08. The third-order valence-electron chi connectivity index (χ3n) is 2.87. The molecule has 3 heteroatoms. The first kappa shape index (κ1) is 12.4. The van der Waals surface area contributed by atoms with E-state index in [0.29, 0.717) is 16.5 Å². The summed E-state index contributed by atoms with van der Waals surface area (Å²) in [5.74, 6) is 1.93. The number of rotatable bonds is 0. The highest BCUT2D eigenvalue weighted by molar-refractivity contribution is 5.90. The number of aromatic amines is 1. The number of hydrogen-bond donors (Lipinski definition) is 1. The molecule has 0 spiro atoms. The highest BCUT2D eigenvalue weighted by atomic mass is 19.1. The first-order valence-electron chi connectivity index (χ1n) is 5.67. The lowest BCUT2D eigenvalue weighted by Crippen LogP contribution is -2.20. The molecule has 2 aromatic rings. The second-order valence-electron chi connectivity index (χ2n) is 5.29. The average Bonchev–Trinajstić information content (AvgIpc) is 2.27. The predicted molar refractivity (Wildman–Crippen MR) is 71.2 cm³/mol. The number of terminal acetylenes is 1. The molecule has 2 nitrogen and oxygen atoms in total. The van der Waals surface area contributed by atoms with Crippen LogP contribution in [-0.4, -0.2) is 4.98 Å². The molecule has 1 heterocycles. The van der Waals surface area contributed by atoms with E-state index in [9.17, 15) is 9.18 Å². The van der Waals surface area contributed by atoms with Crippen molar-refractivity contribution < 1.29 is 4.39 Å². The highest BCUT2D eigenvalue weighted by Crippen LogP contribution is 2.30. The van der Waals surface area contributed by atoms with Crippen molar-refractivity contribution in [1.29, 1.82) is 0 Å². The molecule has 0 amide bonds. The summed E-state index contributed by atoms with van der Waals surface area (Å²) < 4.78 is 13.8. The molecular formula is C15H14FNO. The maximum absolute atomic E-state index is 13.8. The Morgan fingerprint density at radius 3 is 2.56 bits per heavy atom. The smallest absolute Gasteiger partial charge is 0.248 e. The van der Waals surface area contributed by atoms with E-state index in [-0.39, 0.29) is 16.5 Å². The van der Waals surface area contributed by atoms with Crippen molar-refractivity contribution in [2.24, 2.45) is 0 Å². The van der Waals surface area contributed by atoms with Gasteiger partial charge in [-0.3, -0.25) is 4.79 Å². The van der Waals surface area contributed by atoms with Gasteiger partial charge < -0.3 is 4.98 Å². The van der Waals surface area contributed by atoms with Crippen LogP contribution in [0.3, 0.4) is 0 Å². The number of nitrogens with one attached hydrogen (secondary N) is 1. The second-order valence-corrected chi connectivity index (χ2v) is 5.29. The molecule has 0 saturated heterocycles. The first-order chi connectivity index (χ1) is 8.34. The molecule has 0 unspecified atom stereocenters. The van der Waals surface area contributed by atoms with Gasteiger partial charge in [0.15, 0.2) is 0 Å². The number of pyridine rings is 1. The van der Waals surface area contributed by atoms with E-state index in [4.69, 9.17) is 6.42 Å². The fraction of sp³-hybridized carbons (Fsp3) is 0.267. The summed E-state index contributed by atoms with van der Waals surface area (Å²) in [7, 11) is 0. The van der Waals surface area contributed by atoms with Crippen LogP contribution in [0.5, 0.6) is 0 Å². The van der Waals surface area contributed by atoms with Gasteiger partial charge in [-0.2, -0.15) is 0 Å². The summed E-state index contributed by atoms with van der Waals surface area (Å²) in [6.45, 7) is 5.84. The van der Waals surface area contributed by atoms with Gasteiger partial charge in [-0.15, -0.1) is 6.42 Å². The maximum atomic E-state index is 13.8. The molecule has 92 valence electrons. The van der Waals surface area contributed by atoms with Crippen molar-refractivity contribution in [2.75, 3.05) is 0 Å². The number of fused-ring (bicyclic) bond motifs is 1. The van der Waals surface area contributed by atoms with E-state index in [1.54, 1.807) is 6.07 Å². The van der Waals surface area contributed by atoms with Crippen LogP contribution in [0.15, 0.2) is 23.0 Å². The zero-order chi connectivity index (χ0) is 13.5. The van der Waals surface area contributed by atoms with Crippen LogP contribution in [0, 0.1) is 18.2 Å². The van der Waals surface area contributed by atoms with Gasteiger partial charge in [0.1, 0.15) is 5.82 Å². The Morgan fingerprint density at radius 1 is 1.33 bits per heavy atom. The van der Waals surface area contributed by atoms with Gasteiger partial charge in [-0.1, -0.05) is 32.8 Å². The summed E-state index contributed by atoms with van der Waals surface area (Å²) in [5, 5.41) is 1.28.